The van der Waals surface area contributed by atoms with Gasteiger partial charge in [-0.1, -0.05) is 44.2 Å². The number of rotatable bonds is 7. The first kappa shape index (κ1) is 23.9. The average molecular weight is 483 g/mol. The summed E-state index contributed by atoms with van der Waals surface area (Å²) in [6.45, 7) is 5.82. The number of thiophene rings is 1. The molecule has 2 atom stereocenters. The third kappa shape index (κ3) is 5.30. The molecule has 8 nitrogen and oxygen atoms in total. The van der Waals surface area contributed by atoms with Crippen molar-refractivity contribution in [3.8, 4) is 0 Å². The second-order valence-electron chi connectivity index (χ2n) is 9.22. The lowest BCUT2D eigenvalue weighted by molar-refractivity contribution is -0.134. The van der Waals surface area contributed by atoms with Crippen molar-refractivity contribution in [2.75, 3.05) is 13.1 Å². The number of aromatic nitrogens is 2. The van der Waals surface area contributed by atoms with Crippen molar-refractivity contribution in [3.05, 3.63) is 68.2 Å². The van der Waals surface area contributed by atoms with E-state index in [0.29, 0.717) is 41.7 Å². The molecule has 1 saturated heterocycles. The first-order chi connectivity index (χ1) is 16.3. The Hall–Kier alpha value is -3.20. The minimum absolute atomic E-state index is 0.00599. The Bertz CT molecular complexity index is 1280. The lowest BCUT2D eigenvalue weighted by Gasteiger charge is -2.35. The first-order valence-electron chi connectivity index (χ1n) is 11.6. The van der Waals surface area contributed by atoms with Gasteiger partial charge in [0.2, 0.25) is 11.8 Å². The number of piperidine rings is 1. The van der Waals surface area contributed by atoms with E-state index in [-0.39, 0.29) is 31.3 Å². The number of carbonyl (C=O) groups is 2. The van der Waals surface area contributed by atoms with Gasteiger partial charge in [0, 0.05) is 32.6 Å². The smallest absolute Gasteiger partial charge is 0.332 e. The van der Waals surface area contributed by atoms with Crippen molar-refractivity contribution in [1.82, 2.24) is 19.4 Å². The number of hydrogen-bond acceptors (Lipinski definition) is 5. The molecule has 0 unspecified atom stereocenters. The Morgan fingerprint density at radius 2 is 1.74 bits per heavy atom. The minimum Gasteiger partial charge on any atom is -0.352 e. The summed E-state index contributed by atoms with van der Waals surface area (Å²) in [4.78, 5) is 53.5. The number of fused-ring (bicyclic) bond motifs is 1. The van der Waals surface area contributed by atoms with E-state index in [1.165, 1.54) is 15.9 Å². The molecule has 2 amide bonds. The van der Waals surface area contributed by atoms with Gasteiger partial charge in [-0.15, -0.1) is 11.3 Å². The molecule has 2 aromatic heterocycles. The molecule has 180 valence electrons. The molecule has 1 fully saturated rings. The quantitative estimate of drug-likeness (QED) is 0.560. The van der Waals surface area contributed by atoms with Crippen LogP contribution in [0.4, 0.5) is 0 Å². The fraction of sp³-hybridized carbons (Fsp3) is 0.440. The van der Waals surface area contributed by atoms with Gasteiger partial charge in [-0.05, 0) is 35.3 Å². The number of hydrogen-bond donors (Lipinski definition) is 1. The number of benzene rings is 1. The molecule has 34 heavy (non-hydrogen) atoms. The number of amides is 2. The van der Waals surface area contributed by atoms with Crippen molar-refractivity contribution in [3.63, 3.8) is 0 Å². The van der Waals surface area contributed by atoms with Crippen LogP contribution in [0.25, 0.3) is 10.2 Å². The maximum absolute atomic E-state index is 13.3. The van der Waals surface area contributed by atoms with E-state index in [1.54, 1.807) is 11.4 Å². The van der Waals surface area contributed by atoms with E-state index in [9.17, 15) is 19.2 Å². The maximum Gasteiger partial charge on any atom is 0.332 e. The summed E-state index contributed by atoms with van der Waals surface area (Å²) in [6.07, 6.45) is 1.07. The Labute approximate surface area is 201 Å². The highest BCUT2D eigenvalue weighted by atomic mass is 32.1. The SMILES string of the molecule is C[C@H]1C[C@H](C)CN(C(=O)Cn2c(=O)n(CCC(=O)NCc3ccccc3)c(=O)c3sccc32)C1. The molecule has 0 aliphatic carbocycles. The number of nitrogens with zero attached hydrogens (tertiary/aromatic N) is 3. The fourth-order valence-electron chi connectivity index (χ4n) is 4.68. The van der Waals surface area contributed by atoms with Gasteiger partial charge in [-0.3, -0.25) is 23.5 Å². The average Bonchev–Trinajstić information content (AvgIpc) is 3.30. The topological polar surface area (TPSA) is 93.4 Å². The van der Waals surface area contributed by atoms with E-state index in [2.05, 4.69) is 19.2 Å². The number of likely N-dealkylation sites (tertiary alicyclic amines) is 1. The normalized spacial score (nSPS) is 18.2. The third-order valence-electron chi connectivity index (χ3n) is 6.25. The van der Waals surface area contributed by atoms with E-state index >= 15 is 0 Å². The van der Waals surface area contributed by atoms with Crippen LogP contribution in [0.3, 0.4) is 0 Å². The monoisotopic (exact) mass is 482 g/mol. The second kappa shape index (κ2) is 10.4. The van der Waals surface area contributed by atoms with Crippen molar-refractivity contribution in [1.29, 1.82) is 0 Å². The van der Waals surface area contributed by atoms with Crippen LogP contribution in [-0.4, -0.2) is 38.9 Å². The van der Waals surface area contributed by atoms with E-state index in [0.717, 1.165) is 16.6 Å². The lowest BCUT2D eigenvalue weighted by Crippen LogP contribution is -2.47. The Kier molecular flexibility index (Phi) is 7.31. The zero-order valence-electron chi connectivity index (χ0n) is 19.5. The zero-order chi connectivity index (χ0) is 24.2. The molecule has 1 aromatic carbocycles. The molecule has 0 saturated carbocycles. The van der Waals surface area contributed by atoms with Gasteiger partial charge in [0.05, 0.1) is 5.52 Å². The lowest BCUT2D eigenvalue weighted by atomic mass is 9.92. The molecule has 9 heteroatoms. The molecule has 4 rings (SSSR count). The van der Waals surface area contributed by atoms with Crippen LogP contribution in [0.2, 0.25) is 0 Å². The number of nitrogens with one attached hydrogen (secondary N) is 1. The Morgan fingerprint density at radius 1 is 1.03 bits per heavy atom. The van der Waals surface area contributed by atoms with Gasteiger partial charge in [0.15, 0.2) is 0 Å². The predicted molar refractivity (Wildman–Crippen MR) is 133 cm³/mol. The summed E-state index contributed by atoms with van der Waals surface area (Å²) >= 11 is 1.24. The van der Waals surface area contributed by atoms with Gasteiger partial charge in [0.25, 0.3) is 5.56 Å². The van der Waals surface area contributed by atoms with Gasteiger partial charge >= 0.3 is 5.69 Å². The van der Waals surface area contributed by atoms with Crippen molar-refractivity contribution in [2.45, 2.75) is 46.3 Å². The molecule has 3 aromatic rings. The molecule has 3 heterocycles. The minimum atomic E-state index is -0.557. The maximum atomic E-state index is 13.3. The summed E-state index contributed by atoms with van der Waals surface area (Å²) in [6, 6.07) is 11.2. The molecule has 1 aliphatic heterocycles. The summed E-state index contributed by atoms with van der Waals surface area (Å²) < 4.78 is 2.87. The van der Waals surface area contributed by atoms with Gasteiger partial charge < -0.3 is 10.2 Å². The van der Waals surface area contributed by atoms with Crippen molar-refractivity contribution >= 4 is 33.4 Å². The van der Waals surface area contributed by atoms with E-state index in [1.807, 2.05) is 35.2 Å². The van der Waals surface area contributed by atoms with E-state index in [4.69, 9.17) is 0 Å². The van der Waals surface area contributed by atoms with Crippen molar-refractivity contribution < 1.29 is 9.59 Å². The zero-order valence-corrected chi connectivity index (χ0v) is 20.3. The van der Waals surface area contributed by atoms with Crippen LogP contribution in [-0.2, 0) is 29.2 Å². The van der Waals surface area contributed by atoms with Gasteiger partial charge in [-0.25, -0.2) is 4.79 Å². The first-order valence-corrected chi connectivity index (χ1v) is 12.5. The predicted octanol–water partition coefficient (Wildman–Crippen LogP) is 2.44. The van der Waals surface area contributed by atoms with Gasteiger partial charge in [-0.2, -0.15) is 0 Å². The molecule has 0 spiro atoms. The standard InChI is InChI=1S/C25H30N4O4S/c1-17-12-18(2)15-27(14-17)22(31)16-29-20-9-11-34-23(20)24(32)28(25(29)33)10-8-21(30)26-13-19-6-4-3-5-7-19/h3-7,9,11,17-18H,8,10,12-16H2,1-2H3,(H,26,30)/t17-,18-/m0/s1. The summed E-state index contributed by atoms with van der Waals surface area (Å²) in [5.74, 6) is 0.446. The van der Waals surface area contributed by atoms with Crippen LogP contribution >= 0.6 is 11.3 Å². The fourth-order valence-corrected chi connectivity index (χ4v) is 5.53. The molecule has 0 radical (unpaired) electrons. The van der Waals surface area contributed by atoms with Crippen LogP contribution in [0, 0.1) is 11.8 Å². The molecular weight excluding hydrogens is 452 g/mol. The Morgan fingerprint density at radius 3 is 2.44 bits per heavy atom. The van der Waals surface area contributed by atoms with E-state index < -0.39 is 11.2 Å². The summed E-state index contributed by atoms with van der Waals surface area (Å²) in [7, 11) is 0. The number of carbonyl (C=O) groups excluding carboxylic acids is 2. The highest BCUT2D eigenvalue weighted by Gasteiger charge is 2.26. The Balaban J connectivity index is 1.52. The third-order valence-corrected chi connectivity index (χ3v) is 7.14. The highest BCUT2D eigenvalue weighted by molar-refractivity contribution is 7.17. The van der Waals surface area contributed by atoms with Crippen LogP contribution < -0.4 is 16.6 Å². The summed E-state index contributed by atoms with van der Waals surface area (Å²) in [5.41, 5.74) is 0.458. The molecule has 1 aliphatic rings. The molecule has 1 N–H and O–H groups in total. The molecule has 0 bridgehead atoms. The second-order valence-corrected chi connectivity index (χ2v) is 10.1. The van der Waals surface area contributed by atoms with Crippen LogP contribution in [0.15, 0.2) is 51.4 Å². The summed E-state index contributed by atoms with van der Waals surface area (Å²) in [5, 5.41) is 4.56. The van der Waals surface area contributed by atoms with Gasteiger partial charge in [0.1, 0.15) is 11.2 Å². The highest BCUT2D eigenvalue weighted by Crippen LogP contribution is 2.22. The van der Waals surface area contributed by atoms with Crippen LogP contribution in [0.1, 0.15) is 32.3 Å². The van der Waals surface area contributed by atoms with Crippen LogP contribution in [0.5, 0.6) is 0 Å². The molecular formula is C25H30N4O4S. The largest absolute Gasteiger partial charge is 0.352 e. The van der Waals surface area contributed by atoms with Crippen molar-refractivity contribution in [2.24, 2.45) is 11.8 Å².